The van der Waals surface area contributed by atoms with Gasteiger partial charge in [0.2, 0.25) is 15.9 Å². The number of carbonyl (C=O) groups excluding carboxylic acids is 1. The van der Waals surface area contributed by atoms with E-state index in [4.69, 9.17) is 0 Å². The van der Waals surface area contributed by atoms with Crippen LogP contribution in [0.15, 0.2) is 46.8 Å². The summed E-state index contributed by atoms with van der Waals surface area (Å²) in [7, 11) is -3.55. The number of aromatic nitrogens is 1. The van der Waals surface area contributed by atoms with Gasteiger partial charge in [0.05, 0.1) is 10.8 Å². The zero-order valence-corrected chi connectivity index (χ0v) is 14.0. The molecule has 1 atom stereocenters. The fourth-order valence-electron chi connectivity index (χ4n) is 2.61. The molecule has 1 aliphatic rings. The molecule has 122 valence electrons. The Hall–Kier alpha value is -1.77. The molecule has 0 spiro atoms. The molecule has 0 unspecified atom stereocenters. The molecule has 8 heteroatoms. The zero-order chi connectivity index (χ0) is 16.3. The number of thiazole rings is 1. The third kappa shape index (κ3) is 3.60. The maximum Gasteiger partial charge on any atom is 0.243 e. The summed E-state index contributed by atoms with van der Waals surface area (Å²) in [6.07, 6.45) is 2.97. The van der Waals surface area contributed by atoms with Crippen LogP contribution < -0.4 is 5.32 Å². The lowest BCUT2D eigenvalue weighted by Gasteiger charge is -2.31. The Labute approximate surface area is 139 Å². The largest absolute Gasteiger partial charge is 0.302 e. The summed E-state index contributed by atoms with van der Waals surface area (Å²) < 4.78 is 26.7. The van der Waals surface area contributed by atoms with Crippen molar-refractivity contribution in [3.05, 3.63) is 41.9 Å². The first-order chi connectivity index (χ1) is 11.1. The molecule has 0 saturated carbocycles. The minimum absolute atomic E-state index is 0.173. The number of rotatable bonds is 4. The molecule has 23 heavy (non-hydrogen) atoms. The Balaban J connectivity index is 1.72. The first-order valence-corrected chi connectivity index (χ1v) is 9.65. The van der Waals surface area contributed by atoms with Crippen molar-refractivity contribution >= 4 is 32.4 Å². The summed E-state index contributed by atoms with van der Waals surface area (Å²) in [5, 5.41) is 5.07. The summed E-state index contributed by atoms with van der Waals surface area (Å²) in [4.78, 5) is 16.6. The van der Waals surface area contributed by atoms with Crippen molar-refractivity contribution in [2.75, 3.05) is 18.4 Å². The summed E-state index contributed by atoms with van der Waals surface area (Å²) in [6, 6.07) is 8.33. The first kappa shape index (κ1) is 16.1. The molecule has 1 saturated heterocycles. The second-order valence-corrected chi connectivity index (χ2v) is 8.17. The van der Waals surface area contributed by atoms with E-state index >= 15 is 0 Å². The maximum atomic E-state index is 12.7. The highest BCUT2D eigenvalue weighted by molar-refractivity contribution is 7.89. The second-order valence-electron chi connectivity index (χ2n) is 5.34. The van der Waals surface area contributed by atoms with Crippen molar-refractivity contribution in [2.24, 2.45) is 5.92 Å². The van der Waals surface area contributed by atoms with E-state index in [2.05, 4.69) is 10.3 Å². The molecule has 0 aliphatic carbocycles. The standard InChI is InChI=1S/C15H17N3O3S2/c19-14(17-15-16-8-10-22-15)12-5-4-9-18(11-12)23(20,21)13-6-2-1-3-7-13/h1-3,6-8,10,12H,4-5,9,11H2,(H,16,17,19)/t12-/m0/s1. The molecular formula is C15H17N3O3S2. The number of benzene rings is 1. The monoisotopic (exact) mass is 351 g/mol. The van der Waals surface area contributed by atoms with Crippen molar-refractivity contribution in [3.8, 4) is 0 Å². The lowest BCUT2D eigenvalue weighted by Crippen LogP contribution is -2.43. The quantitative estimate of drug-likeness (QED) is 0.916. The van der Waals surface area contributed by atoms with Crippen LogP contribution in [0.5, 0.6) is 0 Å². The molecule has 1 N–H and O–H groups in total. The predicted molar refractivity (Wildman–Crippen MR) is 88.7 cm³/mol. The number of nitrogens with zero attached hydrogens (tertiary/aromatic N) is 2. The van der Waals surface area contributed by atoms with Crippen molar-refractivity contribution in [1.82, 2.24) is 9.29 Å². The number of amides is 1. The number of piperidine rings is 1. The lowest BCUT2D eigenvalue weighted by molar-refractivity contribution is -0.120. The molecule has 1 aliphatic heterocycles. The van der Waals surface area contributed by atoms with E-state index in [9.17, 15) is 13.2 Å². The van der Waals surface area contributed by atoms with Crippen LogP contribution in [-0.4, -0.2) is 36.7 Å². The van der Waals surface area contributed by atoms with Gasteiger partial charge in [0.15, 0.2) is 5.13 Å². The fraction of sp³-hybridized carbons (Fsp3) is 0.333. The number of sulfonamides is 1. The average molecular weight is 351 g/mol. The Morgan fingerprint density at radius 3 is 2.78 bits per heavy atom. The molecule has 1 aromatic heterocycles. The number of anilines is 1. The third-order valence-electron chi connectivity index (χ3n) is 3.80. The van der Waals surface area contributed by atoms with Gasteiger partial charge in [-0.25, -0.2) is 13.4 Å². The molecule has 0 radical (unpaired) electrons. The Morgan fingerprint density at radius 1 is 1.30 bits per heavy atom. The molecule has 0 bridgehead atoms. The van der Waals surface area contributed by atoms with Crippen LogP contribution in [0.4, 0.5) is 5.13 Å². The molecule has 2 heterocycles. The van der Waals surface area contributed by atoms with Crippen LogP contribution in [0.1, 0.15) is 12.8 Å². The summed E-state index contributed by atoms with van der Waals surface area (Å²) in [5.74, 6) is -0.529. The van der Waals surface area contributed by atoms with Crippen LogP contribution in [0.3, 0.4) is 0 Å². The van der Waals surface area contributed by atoms with Gasteiger partial charge in [-0.2, -0.15) is 4.31 Å². The van der Waals surface area contributed by atoms with E-state index in [-0.39, 0.29) is 23.3 Å². The van der Waals surface area contributed by atoms with Crippen molar-refractivity contribution in [2.45, 2.75) is 17.7 Å². The molecule has 1 amide bonds. The van der Waals surface area contributed by atoms with Crippen LogP contribution in [0.25, 0.3) is 0 Å². The van der Waals surface area contributed by atoms with Gasteiger partial charge in [0.25, 0.3) is 0 Å². The molecular weight excluding hydrogens is 334 g/mol. The fourth-order valence-corrected chi connectivity index (χ4v) is 4.69. The van der Waals surface area contributed by atoms with Gasteiger partial charge in [-0.05, 0) is 25.0 Å². The lowest BCUT2D eigenvalue weighted by atomic mass is 9.99. The van der Waals surface area contributed by atoms with Gasteiger partial charge < -0.3 is 5.32 Å². The zero-order valence-electron chi connectivity index (χ0n) is 12.4. The van der Waals surface area contributed by atoms with Crippen molar-refractivity contribution in [3.63, 3.8) is 0 Å². The third-order valence-corrected chi connectivity index (χ3v) is 6.37. The molecule has 6 nitrogen and oxygen atoms in total. The first-order valence-electron chi connectivity index (χ1n) is 7.33. The van der Waals surface area contributed by atoms with Crippen LogP contribution >= 0.6 is 11.3 Å². The van der Waals surface area contributed by atoms with Gasteiger partial charge in [-0.3, -0.25) is 4.79 Å². The van der Waals surface area contributed by atoms with Gasteiger partial charge >= 0.3 is 0 Å². The SMILES string of the molecule is O=C(Nc1nccs1)[C@H]1CCCN(S(=O)(=O)c2ccccc2)C1. The van der Waals surface area contributed by atoms with E-state index in [1.807, 2.05) is 0 Å². The summed E-state index contributed by atoms with van der Waals surface area (Å²) in [5.41, 5.74) is 0. The highest BCUT2D eigenvalue weighted by Gasteiger charge is 2.33. The molecule has 1 fully saturated rings. The average Bonchev–Trinajstić information content (AvgIpc) is 3.09. The van der Waals surface area contributed by atoms with Crippen LogP contribution in [0, 0.1) is 5.92 Å². The topological polar surface area (TPSA) is 79.4 Å². The number of carbonyl (C=O) groups is 1. The smallest absolute Gasteiger partial charge is 0.243 e. The number of hydrogen-bond acceptors (Lipinski definition) is 5. The van der Waals surface area contributed by atoms with Crippen LogP contribution in [-0.2, 0) is 14.8 Å². The highest BCUT2D eigenvalue weighted by atomic mass is 32.2. The predicted octanol–water partition coefficient (Wildman–Crippen LogP) is 2.18. The van der Waals surface area contributed by atoms with Gasteiger partial charge in [-0.1, -0.05) is 18.2 Å². The molecule has 2 aromatic rings. The van der Waals surface area contributed by atoms with Crippen molar-refractivity contribution in [1.29, 1.82) is 0 Å². The Morgan fingerprint density at radius 2 is 2.09 bits per heavy atom. The Bertz CT molecular complexity index is 761. The minimum atomic E-state index is -3.55. The highest BCUT2D eigenvalue weighted by Crippen LogP contribution is 2.25. The second kappa shape index (κ2) is 6.77. The van der Waals surface area contributed by atoms with Crippen molar-refractivity contribution < 1.29 is 13.2 Å². The van der Waals surface area contributed by atoms with Gasteiger partial charge in [0.1, 0.15) is 0 Å². The minimum Gasteiger partial charge on any atom is -0.302 e. The van der Waals surface area contributed by atoms with E-state index in [0.717, 1.165) is 0 Å². The van der Waals surface area contributed by atoms with E-state index < -0.39 is 10.0 Å². The molecule has 3 rings (SSSR count). The normalized spacial score (nSPS) is 19.4. The summed E-state index contributed by atoms with van der Waals surface area (Å²) in [6.45, 7) is 0.646. The summed E-state index contributed by atoms with van der Waals surface area (Å²) >= 11 is 1.34. The van der Waals surface area contributed by atoms with E-state index in [1.165, 1.54) is 15.6 Å². The van der Waals surface area contributed by atoms with E-state index in [0.29, 0.717) is 24.5 Å². The van der Waals surface area contributed by atoms with Crippen LogP contribution in [0.2, 0.25) is 0 Å². The van der Waals surface area contributed by atoms with Gasteiger partial charge in [-0.15, -0.1) is 11.3 Å². The number of hydrogen-bond donors (Lipinski definition) is 1. The Kier molecular flexibility index (Phi) is 4.74. The van der Waals surface area contributed by atoms with E-state index in [1.54, 1.807) is 41.9 Å². The number of nitrogens with one attached hydrogen (secondary N) is 1. The molecule has 1 aromatic carbocycles. The van der Waals surface area contributed by atoms with Gasteiger partial charge in [0, 0.05) is 24.7 Å². The maximum absolute atomic E-state index is 12.7.